The Hall–Kier alpha value is -1.69. The number of hydrogen-bond acceptors (Lipinski definition) is 5. The van der Waals surface area contributed by atoms with E-state index in [1.807, 2.05) is 25.6 Å². The topological polar surface area (TPSA) is 68.8 Å². The Bertz CT molecular complexity index is 593. The molecular weight excluding hydrogens is 254 g/mol. The van der Waals surface area contributed by atoms with Gasteiger partial charge in [-0.05, 0) is 33.2 Å². The van der Waals surface area contributed by atoms with Crippen LogP contribution in [0.1, 0.15) is 48.9 Å². The number of nitrogens with zero attached hydrogens (tertiary/aromatic N) is 4. The van der Waals surface area contributed by atoms with E-state index in [4.69, 9.17) is 4.52 Å². The molecule has 108 valence electrons. The highest BCUT2D eigenvalue weighted by Crippen LogP contribution is 2.27. The molecule has 1 N–H and O–H groups in total. The highest BCUT2D eigenvalue weighted by molar-refractivity contribution is 5.59. The summed E-state index contributed by atoms with van der Waals surface area (Å²) >= 11 is 0. The third-order valence-electron chi connectivity index (χ3n) is 4.04. The van der Waals surface area contributed by atoms with Gasteiger partial charge in [0.2, 0.25) is 0 Å². The SMILES string of the molecule is Cc1nn(C)c(C)c1-c1nc(C2CCCCCN2)no1. The molecule has 20 heavy (non-hydrogen) atoms. The van der Waals surface area contributed by atoms with Gasteiger partial charge in [0.25, 0.3) is 5.89 Å². The Morgan fingerprint density at radius 2 is 2.10 bits per heavy atom. The number of aryl methyl sites for hydroxylation is 2. The van der Waals surface area contributed by atoms with Crippen molar-refractivity contribution in [3.63, 3.8) is 0 Å². The maximum atomic E-state index is 5.47. The van der Waals surface area contributed by atoms with Gasteiger partial charge in [0.15, 0.2) is 5.82 Å². The fourth-order valence-electron chi connectivity index (χ4n) is 2.81. The van der Waals surface area contributed by atoms with Crippen LogP contribution in [0.4, 0.5) is 0 Å². The van der Waals surface area contributed by atoms with Gasteiger partial charge in [0.05, 0.1) is 17.3 Å². The predicted octanol–water partition coefficient (Wildman–Crippen LogP) is 2.29. The highest BCUT2D eigenvalue weighted by atomic mass is 16.5. The van der Waals surface area contributed by atoms with E-state index >= 15 is 0 Å². The molecule has 0 bridgehead atoms. The molecule has 0 radical (unpaired) electrons. The summed E-state index contributed by atoms with van der Waals surface area (Å²) in [7, 11) is 1.93. The fourth-order valence-corrected chi connectivity index (χ4v) is 2.81. The molecule has 2 aromatic heterocycles. The van der Waals surface area contributed by atoms with Crippen molar-refractivity contribution in [3.8, 4) is 11.5 Å². The lowest BCUT2D eigenvalue weighted by Crippen LogP contribution is -2.21. The quantitative estimate of drug-likeness (QED) is 0.910. The van der Waals surface area contributed by atoms with E-state index in [0.717, 1.165) is 35.7 Å². The third-order valence-corrected chi connectivity index (χ3v) is 4.04. The maximum Gasteiger partial charge on any atom is 0.261 e. The van der Waals surface area contributed by atoms with Gasteiger partial charge in [-0.15, -0.1) is 0 Å². The molecule has 2 aromatic rings. The Morgan fingerprint density at radius 3 is 2.85 bits per heavy atom. The zero-order valence-electron chi connectivity index (χ0n) is 12.3. The van der Waals surface area contributed by atoms with E-state index in [0.29, 0.717) is 5.89 Å². The fraction of sp³-hybridized carbons (Fsp3) is 0.643. The molecule has 0 amide bonds. The Morgan fingerprint density at radius 1 is 1.25 bits per heavy atom. The minimum Gasteiger partial charge on any atom is -0.334 e. The predicted molar refractivity (Wildman–Crippen MR) is 75.2 cm³/mol. The summed E-state index contributed by atoms with van der Waals surface area (Å²) in [5.74, 6) is 1.35. The van der Waals surface area contributed by atoms with Crippen LogP contribution >= 0.6 is 0 Å². The van der Waals surface area contributed by atoms with Crippen molar-refractivity contribution >= 4 is 0 Å². The lowest BCUT2D eigenvalue weighted by atomic mass is 10.1. The van der Waals surface area contributed by atoms with Gasteiger partial charge in [-0.25, -0.2) is 0 Å². The molecule has 3 heterocycles. The summed E-state index contributed by atoms with van der Waals surface area (Å²) in [5, 5.41) is 12.1. The molecule has 1 unspecified atom stereocenters. The number of aromatic nitrogens is 4. The van der Waals surface area contributed by atoms with Crippen LogP contribution < -0.4 is 5.32 Å². The van der Waals surface area contributed by atoms with Crippen LogP contribution in [-0.2, 0) is 7.05 Å². The summed E-state index contributed by atoms with van der Waals surface area (Å²) in [6.45, 7) is 5.01. The summed E-state index contributed by atoms with van der Waals surface area (Å²) in [5.41, 5.74) is 2.93. The number of hydrogen-bond donors (Lipinski definition) is 1. The van der Waals surface area contributed by atoms with Crippen molar-refractivity contribution in [2.75, 3.05) is 6.54 Å². The molecule has 1 atom stereocenters. The first-order valence-corrected chi connectivity index (χ1v) is 7.24. The normalized spacial score (nSPS) is 20.1. The molecule has 0 aromatic carbocycles. The second kappa shape index (κ2) is 5.36. The summed E-state index contributed by atoms with van der Waals surface area (Å²) < 4.78 is 7.31. The molecule has 1 aliphatic rings. The molecule has 3 rings (SSSR count). The van der Waals surface area contributed by atoms with Gasteiger partial charge in [-0.3, -0.25) is 4.68 Å². The Labute approximate surface area is 118 Å². The minimum absolute atomic E-state index is 0.215. The van der Waals surface area contributed by atoms with Crippen molar-refractivity contribution in [3.05, 3.63) is 17.2 Å². The van der Waals surface area contributed by atoms with Crippen LogP contribution in [0.5, 0.6) is 0 Å². The van der Waals surface area contributed by atoms with Crippen LogP contribution in [0.15, 0.2) is 4.52 Å². The maximum absolute atomic E-state index is 5.47. The van der Waals surface area contributed by atoms with Crippen molar-refractivity contribution in [2.24, 2.45) is 7.05 Å². The van der Waals surface area contributed by atoms with Gasteiger partial charge < -0.3 is 9.84 Å². The van der Waals surface area contributed by atoms with E-state index in [2.05, 4.69) is 20.6 Å². The monoisotopic (exact) mass is 275 g/mol. The first kappa shape index (κ1) is 13.3. The van der Waals surface area contributed by atoms with Crippen molar-refractivity contribution < 1.29 is 4.52 Å². The standard InChI is InChI=1S/C14H21N5O/c1-9-12(10(2)19(3)17-9)14-16-13(18-20-14)11-7-5-4-6-8-15-11/h11,15H,4-8H2,1-3H3. The molecular formula is C14H21N5O. The average Bonchev–Trinajstić information content (AvgIpc) is 2.85. The highest BCUT2D eigenvalue weighted by Gasteiger charge is 2.22. The number of nitrogens with one attached hydrogen (secondary N) is 1. The second-order valence-corrected chi connectivity index (χ2v) is 5.48. The van der Waals surface area contributed by atoms with Crippen LogP contribution in [0.2, 0.25) is 0 Å². The van der Waals surface area contributed by atoms with Crippen LogP contribution in [0.3, 0.4) is 0 Å². The summed E-state index contributed by atoms with van der Waals surface area (Å²) in [6, 6.07) is 0.215. The van der Waals surface area contributed by atoms with E-state index in [-0.39, 0.29) is 6.04 Å². The Balaban J connectivity index is 1.89. The zero-order chi connectivity index (χ0) is 14.1. The molecule has 1 fully saturated rings. The van der Waals surface area contributed by atoms with Crippen LogP contribution in [0.25, 0.3) is 11.5 Å². The molecule has 6 heteroatoms. The lowest BCUT2D eigenvalue weighted by molar-refractivity contribution is 0.402. The van der Waals surface area contributed by atoms with Gasteiger partial charge in [-0.2, -0.15) is 10.1 Å². The molecule has 6 nitrogen and oxygen atoms in total. The Kier molecular flexibility index (Phi) is 3.56. The molecule has 0 aliphatic carbocycles. The molecule has 1 saturated heterocycles. The van der Waals surface area contributed by atoms with Crippen LogP contribution in [-0.4, -0.2) is 26.5 Å². The second-order valence-electron chi connectivity index (χ2n) is 5.48. The van der Waals surface area contributed by atoms with Gasteiger partial charge in [0.1, 0.15) is 0 Å². The molecule has 0 spiro atoms. The molecule has 0 saturated carbocycles. The van der Waals surface area contributed by atoms with Crippen molar-refractivity contribution in [2.45, 2.75) is 45.6 Å². The van der Waals surface area contributed by atoms with E-state index in [1.165, 1.54) is 19.3 Å². The largest absolute Gasteiger partial charge is 0.334 e. The van der Waals surface area contributed by atoms with Gasteiger partial charge in [-0.1, -0.05) is 18.0 Å². The van der Waals surface area contributed by atoms with Gasteiger partial charge in [0, 0.05) is 12.7 Å². The molecule has 1 aliphatic heterocycles. The van der Waals surface area contributed by atoms with Crippen LogP contribution in [0, 0.1) is 13.8 Å². The van der Waals surface area contributed by atoms with E-state index in [1.54, 1.807) is 0 Å². The summed E-state index contributed by atoms with van der Waals surface area (Å²) in [6.07, 6.45) is 4.79. The van der Waals surface area contributed by atoms with Crippen molar-refractivity contribution in [1.82, 2.24) is 25.2 Å². The number of rotatable bonds is 2. The lowest BCUT2D eigenvalue weighted by Gasteiger charge is -2.09. The first-order valence-electron chi connectivity index (χ1n) is 7.24. The first-order chi connectivity index (χ1) is 9.66. The minimum atomic E-state index is 0.215. The summed E-state index contributed by atoms with van der Waals surface area (Å²) in [4.78, 5) is 4.59. The average molecular weight is 275 g/mol. The smallest absolute Gasteiger partial charge is 0.261 e. The zero-order valence-corrected chi connectivity index (χ0v) is 12.3. The van der Waals surface area contributed by atoms with Crippen molar-refractivity contribution in [1.29, 1.82) is 0 Å². The van der Waals surface area contributed by atoms with E-state index in [9.17, 15) is 0 Å². The third kappa shape index (κ3) is 2.35. The van der Waals surface area contributed by atoms with E-state index < -0.39 is 0 Å². The van der Waals surface area contributed by atoms with Gasteiger partial charge >= 0.3 is 0 Å².